The number of ketones is 1. The molecule has 0 bridgehead atoms. The van der Waals surface area contributed by atoms with E-state index in [4.69, 9.17) is 0 Å². The van der Waals surface area contributed by atoms with Crippen LogP contribution in [-0.2, 0) is 9.59 Å². The monoisotopic (exact) mass is 144 g/mol. The van der Waals surface area contributed by atoms with Crippen LogP contribution in [0.3, 0.4) is 0 Å². The molecule has 0 amide bonds. The van der Waals surface area contributed by atoms with Gasteiger partial charge in [-0.1, -0.05) is 18.7 Å². The van der Waals surface area contributed by atoms with E-state index in [0.29, 0.717) is 0 Å². The first-order chi connectivity index (χ1) is 4.24. The molecule has 0 aromatic rings. The minimum absolute atomic E-state index is 0.0301. The van der Waals surface area contributed by atoms with Crippen LogP contribution in [0, 0.1) is 0 Å². The molecular weight excluding hydrogens is 136 g/mol. The van der Waals surface area contributed by atoms with E-state index < -0.39 is 0 Å². The minimum Gasteiger partial charge on any atom is -0.298 e. The summed E-state index contributed by atoms with van der Waals surface area (Å²) in [6.07, 6.45) is 0.943. The molecule has 0 spiro atoms. The van der Waals surface area contributed by atoms with E-state index in [9.17, 15) is 9.59 Å². The minimum atomic E-state index is -0.0301. The van der Waals surface area contributed by atoms with Gasteiger partial charge in [-0.2, -0.15) is 0 Å². The predicted molar refractivity (Wildman–Crippen MR) is 36.3 cm³/mol. The Balaban J connectivity index is 2.58. The van der Waals surface area contributed by atoms with Crippen LogP contribution >= 0.6 is 11.8 Å². The van der Waals surface area contributed by atoms with Gasteiger partial charge in [-0.25, -0.2) is 0 Å². The van der Waals surface area contributed by atoms with Gasteiger partial charge in [0, 0.05) is 0 Å². The van der Waals surface area contributed by atoms with Gasteiger partial charge in [-0.05, 0) is 6.42 Å². The van der Waals surface area contributed by atoms with Crippen LogP contribution in [0.25, 0.3) is 0 Å². The van der Waals surface area contributed by atoms with E-state index in [2.05, 4.69) is 0 Å². The second-order valence-corrected chi connectivity index (χ2v) is 3.29. The molecule has 1 heterocycles. The van der Waals surface area contributed by atoms with Gasteiger partial charge < -0.3 is 0 Å². The van der Waals surface area contributed by atoms with Crippen molar-refractivity contribution in [1.82, 2.24) is 0 Å². The normalized spacial score (nSPS) is 27.4. The molecule has 0 saturated carbocycles. The lowest BCUT2D eigenvalue weighted by molar-refractivity contribution is -0.121. The zero-order valence-electron chi connectivity index (χ0n) is 5.22. The predicted octanol–water partition coefficient (Wildman–Crippen LogP) is 0.998. The molecule has 0 aliphatic carbocycles. The molecular formula is C6H8O2S. The number of carbonyl (C=O) groups is 2. The molecule has 9 heavy (non-hydrogen) atoms. The fraction of sp³-hybridized carbons (Fsp3) is 0.667. The van der Waals surface area contributed by atoms with Crippen molar-refractivity contribution in [1.29, 1.82) is 0 Å². The molecule has 1 rings (SSSR count). The van der Waals surface area contributed by atoms with E-state index in [-0.39, 0.29) is 22.6 Å². The van der Waals surface area contributed by atoms with Gasteiger partial charge in [-0.3, -0.25) is 9.59 Å². The molecule has 50 valence electrons. The second-order valence-electron chi connectivity index (χ2n) is 2.03. The third kappa shape index (κ3) is 1.33. The summed E-state index contributed by atoms with van der Waals surface area (Å²) >= 11 is 1.19. The fourth-order valence-electron chi connectivity index (χ4n) is 0.833. The summed E-state index contributed by atoms with van der Waals surface area (Å²) in [4.78, 5) is 21.3. The summed E-state index contributed by atoms with van der Waals surface area (Å²) in [5.74, 6) is 0.104. The number of rotatable bonds is 1. The zero-order valence-corrected chi connectivity index (χ0v) is 6.03. The molecule has 0 radical (unpaired) electrons. The van der Waals surface area contributed by atoms with Crippen molar-refractivity contribution < 1.29 is 9.59 Å². The lowest BCUT2D eigenvalue weighted by Crippen LogP contribution is -2.07. The number of carbonyl (C=O) groups excluding carboxylic acids is 2. The first kappa shape index (κ1) is 6.81. The highest BCUT2D eigenvalue weighted by atomic mass is 32.2. The quantitative estimate of drug-likeness (QED) is 0.515. The Bertz CT molecular complexity index is 153. The Labute approximate surface area is 58.0 Å². The molecule has 1 fully saturated rings. The molecule has 1 unspecified atom stereocenters. The lowest BCUT2D eigenvalue weighted by atomic mass is 10.2. The highest BCUT2D eigenvalue weighted by Crippen LogP contribution is 2.26. The molecule has 1 atom stereocenters. The van der Waals surface area contributed by atoms with Gasteiger partial charge >= 0.3 is 0 Å². The Hall–Kier alpha value is -0.310. The van der Waals surface area contributed by atoms with Gasteiger partial charge in [0.1, 0.15) is 0 Å². The molecule has 1 aliphatic rings. The van der Waals surface area contributed by atoms with Crippen LogP contribution in [0.2, 0.25) is 0 Å². The largest absolute Gasteiger partial charge is 0.298 e. The van der Waals surface area contributed by atoms with Gasteiger partial charge in [0.25, 0.3) is 0 Å². The van der Waals surface area contributed by atoms with Crippen molar-refractivity contribution in [2.45, 2.75) is 25.0 Å². The van der Waals surface area contributed by atoms with Crippen molar-refractivity contribution in [3.63, 3.8) is 0 Å². The highest BCUT2D eigenvalue weighted by molar-refractivity contribution is 8.15. The van der Waals surface area contributed by atoms with Crippen LogP contribution in [0.1, 0.15) is 19.8 Å². The maximum absolute atomic E-state index is 10.8. The standard InChI is InChI=1S/C6H8O2S/c1-2-5-4(7)3-6(8)9-5/h5H,2-3H2,1H3. The number of hydrogen-bond acceptors (Lipinski definition) is 3. The SMILES string of the molecule is CCC1SC(=O)CC1=O. The summed E-state index contributed by atoms with van der Waals surface area (Å²) in [6.45, 7) is 1.92. The number of Topliss-reactive ketones (excluding diaryl/α,β-unsaturated/α-hetero) is 1. The van der Waals surface area contributed by atoms with Crippen molar-refractivity contribution >= 4 is 22.7 Å². The van der Waals surface area contributed by atoms with E-state index in [1.165, 1.54) is 11.8 Å². The summed E-state index contributed by atoms with van der Waals surface area (Å²) < 4.78 is 0. The summed E-state index contributed by atoms with van der Waals surface area (Å²) in [5.41, 5.74) is 0. The Kier molecular flexibility index (Phi) is 1.90. The van der Waals surface area contributed by atoms with Crippen LogP contribution in [0.15, 0.2) is 0 Å². The average Bonchev–Trinajstić information content (AvgIpc) is 2.10. The third-order valence-electron chi connectivity index (χ3n) is 1.32. The number of thioether (sulfide) groups is 1. The molecule has 3 heteroatoms. The van der Waals surface area contributed by atoms with Crippen molar-refractivity contribution in [3.8, 4) is 0 Å². The Morgan fingerprint density at radius 3 is 2.56 bits per heavy atom. The van der Waals surface area contributed by atoms with Crippen LogP contribution in [-0.4, -0.2) is 16.1 Å². The van der Waals surface area contributed by atoms with E-state index >= 15 is 0 Å². The van der Waals surface area contributed by atoms with Crippen LogP contribution in [0.5, 0.6) is 0 Å². The highest BCUT2D eigenvalue weighted by Gasteiger charge is 2.29. The number of hydrogen-bond donors (Lipinski definition) is 0. The molecule has 1 aliphatic heterocycles. The van der Waals surface area contributed by atoms with E-state index in [1.54, 1.807) is 0 Å². The first-order valence-corrected chi connectivity index (χ1v) is 3.84. The van der Waals surface area contributed by atoms with Crippen LogP contribution < -0.4 is 0 Å². The fourth-order valence-corrected chi connectivity index (χ4v) is 1.76. The molecule has 2 nitrogen and oxygen atoms in total. The van der Waals surface area contributed by atoms with Crippen molar-refractivity contribution in [2.75, 3.05) is 0 Å². The third-order valence-corrected chi connectivity index (χ3v) is 2.61. The van der Waals surface area contributed by atoms with Gasteiger partial charge in [0.2, 0.25) is 0 Å². The smallest absolute Gasteiger partial charge is 0.197 e. The maximum Gasteiger partial charge on any atom is 0.197 e. The van der Waals surface area contributed by atoms with E-state index in [1.807, 2.05) is 6.92 Å². The average molecular weight is 144 g/mol. The molecule has 0 aromatic carbocycles. The van der Waals surface area contributed by atoms with Crippen molar-refractivity contribution in [3.05, 3.63) is 0 Å². The topological polar surface area (TPSA) is 34.1 Å². The van der Waals surface area contributed by atoms with Gasteiger partial charge in [-0.15, -0.1) is 0 Å². The van der Waals surface area contributed by atoms with Crippen molar-refractivity contribution in [2.24, 2.45) is 0 Å². The first-order valence-electron chi connectivity index (χ1n) is 2.96. The lowest BCUT2D eigenvalue weighted by Gasteiger charge is -1.96. The summed E-state index contributed by atoms with van der Waals surface area (Å²) in [5, 5.41) is 0.00403. The molecule has 1 saturated heterocycles. The zero-order chi connectivity index (χ0) is 6.85. The maximum atomic E-state index is 10.8. The summed E-state index contributed by atoms with van der Waals surface area (Å²) in [6, 6.07) is 0. The molecule has 0 N–H and O–H groups in total. The van der Waals surface area contributed by atoms with Gasteiger partial charge in [0.15, 0.2) is 10.9 Å². The second kappa shape index (κ2) is 2.52. The van der Waals surface area contributed by atoms with Crippen LogP contribution in [0.4, 0.5) is 0 Å². The molecule has 0 aromatic heterocycles. The Morgan fingerprint density at radius 1 is 1.67 bits per heavy atom. The summed E-state index contributed by atoms with van der Waals surface area (Å²) in [7, 11) is 0. The van der Waals surface area contributed by atoms with E-state index in [0.717, 1.165) is 6.42 Å². The Morgan fingerprint density at radius 2 is 2.33 bits per heavy atom. The van der Waals surface area contributed by atoms with Gasteiger partial charge in [0.05, 0.1) is 11.7 Å².